The molecule has 4 rings (SSSR count). The molecule has 0 radical (unpaired) electrons. The zero-order valence-corrected chi connectivity index (χ0v) is 20.2. The van der Waals surface area contributed by atoms with E-state index in [1.807, 2.05) is 18.2 Å². The third-order valence-electron chi connectivity index (χ3n) is 5.29. The summed E-state index contributed by atoms with van der Waals surface area (Å²) >= 11 is 6.01. The second kappa shape index (κ2) is 10.4. The van der Waals surface area contributed by atoms with E-state index in [9.17, 15) is 4.39 Å². The Morgan fingerprint density at radius 3 is 2.71 bits per heavy atom. The van der Waals surface area contributed by atoms with Gasteiger partial charge < -0.3 is 15.2 Å². The summed E-state index contributed by atoms with van der Waals surface area (Å²) in [5.74, 6) is 1.54. The lowest BCUT2D eigenvalue weighted by atomic mass is 9.96. The molecule has 0 spiro atoms. The van der Waals surface area contributed by atoms with E-state index in [1.165, 1.54) is 6.07 Å². The number of nitrogens with zero attached hydrogens (tertiary/aromatic N) is 3. The van der Waals surface area contributed by atoms with Crippen LogP contribution in [0.2, 0.25) is 5.02 Å². The minimum absolute atomic E-state index is 0. The van der Waals surface area contributed by atoms with E-state index >= 15 is 0 Å². The lowest BCUT2D eigenvalue weighted by Gasteiger charge is -2.19. The number of nitrogens with one attached hydrogen (secondary N) is 2. The summed E-state index contributed by atoms with van der Waals surface area (Å²) < 4.78 is 18.9. The molecular formula is C22H24ClFIN5O. The summed E-state index contributed by atoms with van der Waals surface area (Å²) in [5.41, 5.74) is 1.83. The van der Waals surface area contributed by atoms with Crippen LogP contribution in [0.1, 0.15) is 24.3 Å². The molecule has 2 aromatic carbocycles. The first kappa shape index (κ1) is 23.5. The van der Waals surface area contributed by atoms with Gasteiger partial charge in [-0.05, 0) is 42.7 Å². The average molecular weight is 556 g/mol. The van der Waals surface area contributed by atoms with Crippen molar-refractivity contribution in [3.8, 4) is 11.4 Å². The smallest absolute Gasteiger partial charge is 0.228 e. The highest BCUT2D eigenvalue weighted by atomic mass is 127. The first-order chi connectivity index (χ1) is 14.6. The van der Waals surface area contributed by atoms with Crippen LogP contribution in [0.4, 0.5) is 4.39 Å². The highest BCUT2D eigenvalue weighted by Gasteiger charge is 2.44. The Labute approximate surface area is 202 Å². The second-order valence-corrected chi connectivity index (χ2v) is 7.85. The van der Waals surface area contributed by atoms with Crippen LogP contribution in [0.3, 0.4) is 0 Å². The van der Waals surface area contributed by atoms with E-state index in [2.05, 4.69) is 25.8 Å². The monoisotopic (exact) mass is 555 g/mol. The Morgan fingerprint density at radius 1 is 1.19 bits per heavy atom. The fourth-order valence-corrected chi connectivity index (χ4v) is 3.59. The van der Waals surface area contributed by atoms with Gasteiger partial charge in [-0.2, -0.15) is 4.98 Å². The van der Waals surface area contributed by atoms with Gasteiger partial charge in [-0.1, -0.05) is 41.0 Å². The number of aliphatic imine (C=N–C) groups is 1. The minimum atomic E-state index is -0.196. The summed E-state index contributed by atoms with van der Waals surface area (Å²) in [6.45, 7) is 1.29. The van der Waals surface area contributed by atoms with Gasteiger partial charge in [0.25, 0.3) is 0 Å². The number of hydrogen-bond acceptors (Lipinski definition) is 4. The van der Waals surface area contributed by atoms with Crippen LogP contribution in [-0.2, 0) is 11.8 Å². The summed E-state index contributed by atoms with van der Waals surface area (Å²) in [5, 5.41) is 11.2. The maximum absolute atomic E-state index is 13.6. The van der Waals surface area contributed by atoms with E-state index in [0.717, 1.165) is 24.0 Å². The molecule has 0 unspecified atom stereocenters. The normalized spacial score (nSPS) is 14.6. The van der Waals surface area contributed by atoms with Crippen molar-refractivity contribution in [2.45, 2.75) is 24.7 Å². The van der Waals surface area contributed by atoms with Crippen LogP contribution in [0.5, 0.6) is 0 Å². The van der Waals surface area contributed by atoms with Crippen molar-refractivity contribution >= 4 is 41.5 Å². The number of aromatic nitrogens is 2. The fourth-order valence-electron chi connectivity index (χ4n) is 3.40. The number of benzene rings is 2. The highest BCUT2D eigenvalue weighted by molar-refractivity contribution is 14.0. The SMILES string of the molecule is CN=C(NCCc1nc(-c2cccc(Cl)c2)no1)NCC1(c2cccc(F)c2)CC1.I. The Bertz CT molecular complexity index is 1050. The van der Waals surface area contributed by atoms with Gasteiger partial charge in [-0.3, -0.25) is 4.99 Å². The Kier molecular flexibility index (Phi) is 7.88. The maximum Gasteiger partial charge on any atom is 0.228 e. The van der Waals surface area contributed by atoms with Crippen molar-refractivity contribution in [3.05, 3.63) is 70.8 Å². The van der Waals surface area contributed by atoms with E-state index in [1.54, 1.807) is 31.3 Å². The second-order valence-electron chi connectivity index (χ2n) is 7.42. The van der Waals surface area contributed by atoms with Crippen molar-refractivity contribution in [3.63, 3.8) is 0 Å². The molecule has 0 atom stereocenters. The Morgan fingerprint density at radius 2 is 2.00 bits per heavy atom. The fraction of sp³-hybridized carbons (Fsp3) is 0.318. The van der Waals surface area contributed by atoms with Gasteiger partial charge in [0.05, 0.1) is 0 Å². The number of rotatable bonds is 7. The van der Waals surface area contributed by atoms with Crippen molar-refractivity contribution in [2.24, 2.45) is 4.99 Å². The third kappa shape index (κ3) is 5.94. The van der Waals surface area contributed by atoms with E-state index in [-0.39, 0.29) is 35.2 Å². The molecule has 31 heavy (non-hydrogen) atoms. The highest BCUT2D eigenvalue weighted by Crippen LogP contribution is 2.47. The average Bonchev–Trinajstić information content (AvgIpc) is 3.40. The predicted molar refractivity (Wildman–Crippen MR) is 131 cm³/mol. The standard InChI is InChI=1S/C22H23ClFN5O.HI/c1-25-21(27-14-22(9-10-22)16-5-3-7-18(24)13-16)26-11-8-19-28-20(29-30-19)15-4-2-6-17(23)12-15;/h2-7,12-13H,8-11,14H2,1H3,(H2,25,26,27);1H. The molecule has 0 amide bonds. The molecule has 1 aromatic heterocycles. The van der Waals surface area contributed by atoms with E-state index in [0.29, 0.717) is 42.2 Å². The van der Waals surface area contributed by atoms with Gasteiger partial charge in [-0.25, -0.2) is 4.39 Å². The van der Waals surface area contributed by atoms with Crippen molar-refractivity contribution in [1.82, 2.24) is 20.8 Å². The maximum atomic E-state index is 13.6. The third-order valence-corrected chi connectivity index (χ3v) is 5.53. The summed E-state index contributed by atoms with van der Waals surface area (Å²) in [6, 6.07) is 14.2. The quantitative estimate of drug-likeness (QED) is 0.254. The first-order valence-electron chi connectivity index (χ1n) is 9.87. The molecule has 0 bridgehead atoms. The molecule has 164 valence electrons. The van der Waals surface area contributed by atoms with Gasteiger partial charge in [0.2, 0.25) is 11.7 Å². The summed E-state index contributed by atoms with van der Waals surface area (Å²) in [7, 11) is 1.72. The molecule has 1 aliphatic rings. The molecule has 6 nitrogen and oxygen atoms in total. The van der Waals surface area contributed by atoms with Crippen molar-refractivity contribution < 1.29 is 8.91 Å². The molecule has 1 heterocycles. The van der Waals surface area contributed by atoms with Crippen LogP contribution in [-0.4, -0.2) is 36.2 Å². The zero-order valence-electron chi connectivity index (χ0n) is 17.1. The number of halogens is 3. The molecule has 2 N–H and O–H groups in total. The zero-order chi connectivity index (χ0) is 21.0. The van der Waals surface area contributed by atoms with Crippen LogP contribution < -0.4 is 10.6 Å². The van der Waals surface area contributed by atoms with Gasteiger partial charge in [0.1, 0.15) is 5.82 Å². The van der Waals surface area contributed by atoms with E-state index in [4.69, 9.17) is 16.1 Å². The summed E-state index contributed by atoms with van der Waals surface area (Å²) in [4.78, 5) is 8.68. The van der Waals surface area contributed by atoms with E-state index < -0.39 is 0 Å². The van der Waals surface area contributed by atoms with Crippen LogP contribution >= 0.6 is 35.6 Å². The minimum Gasteiger partial charge on any atom is -0.356 e. The van der Waals surface area contributed by atoms with Gasteiger partial charge in [0, 0.05) is 42.6 Å². The van der Waals surface area contributed by atoms with Gasteiger partial charge in [-0.15, -0.1) is 24.0 Å². The lowest BCUT2D eigenvalue weighted by Crippen LogP contribution is -2.42. The van der Waals surface area contributed by atoms with Crippen LogP contribution in [0.25, 0.3) is 11.4 Å². The van der Waals surface area contributed by atoms with Gasteiger partial charge >= 0.3 is 0 Å². The topological polar surface area (TPSA) is 75.3 Å². The molecule has 1 aliphatic carbocycles. The van der Waals surface area contributed by atoms with Crippen LogP contribution in [0.15, 0.2) is 58.0 Å². The predicted octanol–water partition coefficient (Wildman–Crippen LogP) is 4.59. The Balaban J connectivity index is 0.00000272. The molecular weight excluding hydrogens is 532 g/mol. The molecule has 0 saturated heterocycles. The molecule has 9 heteroatoms. The van der Waals surface area contributed by atoms with Crippen molar-refractivity contribution in [2.75, 3.05) is 20.1 Å². The van der Waals surface area contributed by atoms with Crippen molar-refractivity contribution in [1.29, 1.82) is 0 Å². The molecule has 3 aromatic rings. The number of hydrogen-bond donors (Lipinski definition) is 2. The first-order valence-corrected chi connectivity index (χ1v) is 10.2. The molecule has 1 fully saturated rings. The summed E-state index contributed by atoms with van der Waals surface area (Å²) in [6.07, 6.45) is 2.63. The molecule has 0 aliphatic heterocycles. The number of guanidine groups is 1. The lowest BCUT2D eigenvalue weighted by molar-refractivity contribution is 0.378. The molecule has 1 saturated carbocycles. The largest absolute Gasteiger partial charge is 0.356 e. The Hall–Kier alpha value is -2.20. The van der Waals surface area contributed by atoms with Crippen LogP contribution in [0, 0.1) is 5.82 Å². The van der Waals surface area contributed by atoms with Gasteiger partial charge in [0.15, 0.2) is 5.96 Å².